The number of Topliss-reactive ketones (excluding diaryl/α,β-unsaturated/α-hetero) is 1. The molecule has 212 valence electrons. The average molecular weight is 548 g/mol. The summed E-state index contributed by atoms with van der Waals surface area (Å²) >= 11 is 0. The first-order valence-corrected chi connectivity index (χ1v) is 13.6. The van der Waals surface area contributed by atoms with E-state index in [2.05, 4.69) is 29.2 Å². The first kappa shape index (κ1) is 29.1. The zero-order valence-corrected chi connectivity index (χ0v) is 23.3. The smallest absolute Gasteiger partial charge is 0.335 e. The number of carbonyl (C=O) groups excluding carboxylic acids is 1. The highest BCUT2D eigenvalue weighted by molar-refractivity contribution is 6.00. The highest BCUT2D eigenvalue weighted by Crippen LogP contribution is 2.31. The maximum atomic E-state index is 13.1. The first-order valence-electron chi connectivity index (χ1n) is 13.6. The predicted molar refractivity (Wildman–Crippen MR) is 152 cm³/mol. The molecule has 1 atom stereocenters. The van der Waals surface area contributed by atoms with Gasteiger partial charge in [0.15, 0.2) is 5.78 Å². The van der Waals surface area contributed by atoms with Crippen LogP contribution in [0.25, 0.3) is 0 Å². The summed E-state index contributed by atoms with van der Waals surface area (Å²) in [6, 6.07) is 18.6. The van der Waals surface area contributed by atoms with E-state index in [-0.39, 0.29) is 36.0 Å². The average Bonchev–Trinajstić information content (AvgIpc) is 3.40. The third-order valence-corrected chi connectivity index (χ3v) is 7.39. The van der Waals surface area contributed by atoms with E-state index in [4.69, 9.17) is 14.2 Å². The molecule has 0 spiro atoms. The number of aromatic carboxylic acids is 1. The Morgan fingerprint density at radius 2 is 1.70 bits per heavy atom. The molecule has 1 aliphatic carbocycles. The maximum absolute atomic E-state index is 13.1. The summed E-state index contributed by atoms with van der Waals surface area (Å²) in [5, 5.41) is 20.4. The van der Waals surface area contributed by atoms with Crippen molar-refractivity contribution in [3.8, 4) is 17.2 Å². The molecule has 8 heteroatoms. The largest absolute Gasteiger partial charge is 0.497 e. The maximum Gasteiger partial charge on any atom is 0.335 e. The normalized spacial score (nSPS) is 13.6. The van der Waals surface area contributed by atoms with Crippen LogP contribution < -0.4 is 14.2 Å². The van der Waals surface area contributed by atoms with Crippen LogP contribution in [0.5, 0.6) is 17.2 Å². The number of carboxylic acid groups (broad SMARTS) is 1. The number of nitrogens with zero attached hydrogens (tertiary/aromatic N) is 1. The van der Waals surface area contributed by atoms with Gasteiger partial charge in [-0.25, -0.2) is 4.79 Å². The molecule has 0 unspecified atom stereocenters. The number of methoxy groups -OCH3 is 2. The van der Waals surface area contributed by atoms with Gasteiger partial charge in [0.2, 0.25) is 0 Å². The number of fused-ring (bicyclic) bond motifs is 1. The Labute approximate surface area is 235 Å². The number of carbonyl (C=O) groups is 2. The second kappa shape index (κ2) is 13.5. The summed E-state index contributed by atoms with van der Waals surface area (Å²) < 4.78 is 16.5. The van der Waals surface area contributed by atoms with E-state index in [0.29, 0.717) is 31.0 Å². The van der Waals surface area contributed by atoms with Gasteiger partial charge in [0, 0.05) is 37.2 Å². The van der Waals surface area contributed by atoms with Crippen LogP contribution in [0.1, 0.15) is 57.2 Å². The van der Waals surface area contributed by atoms with Gasteiger partial charge < -0.3 is 24.4 Å². The van der Waals surface area contributed by atoms with Gasteiger partial charge in [0.25, 0.3) is 0 Å². The summed E-state index contributed by atoms with van der Waals surface area (Å²) in [7, 11) is 3.25. The standard InChI is InChI=1S/C32H37NO7/c1-4-40-31-17-23(32(36)37)10-13-28(31)29(35)14-11-26(34)20-33(25-15-21-7-5-6-8-22(21)16-25)19-24-9-12-27(38-2)18-30(24)39-3/h5-10,12-13,17-18,25-26,34H,4,11,14-16,19-20H2,1-3H3,(H,36,37)/t26-/m1/s1. The quantitative estimate of drug-likeness (QED) is 0.278. The highest BCUT2D eigenvalue weighted by Gasteiger charge is 2.29. The van der Waals surface area contributed by atoms with Gasteiger partial charge >= 0.3 is 5.97 Å². The fourth-order valence-corrected chi connectivity index (χ4v) is 5.29. The topological polar surface area (TPSA) is 106 Å². The lowest BCUT2D eigenvalue weighted by molar-refractivity contribution is 0.0695. The van der Waals surface area contributed by atoms with Crippen molar-refractivity contribution in [2.24, 2.45) is 0 Å². The van der Waals surface area contributed by atoms with Crippen LogP contribution in [0.3, 0.4) is 0 Å². The molecular weight excluding hydrogens is 510 g/mol. The molecule has 40 heavy (non-hydrogen) atoms. The van der Waals surface area contributed by atoms with Gasteiger partial charge in [-0.15, -0.1) is 0 Å². The van der Waals surface area contributed by atoms with Crippen molar-refractivity contribution in [1.82, 2.24) is 4.90 Å². The van der Waals surface area contributed by atoms with Crippen LogP contribution in [0, 0.1) is 0 Å². The third-order valence-electron chi connectivity index (χ3n) is 7.39. The number of ether oxygens (including phenoxy) is 3. The third kappa shape index (κ3) is 7.00. The lowest BCUT2D eigenvalue weighted by Gasteiger charge is -2.31. The molecule has 0 bridgehead atoms. The van der Waals surface area contributed by atoms with Gasteiger partial charge in [-0.05, 0) is 61.6 Å². The molecule has 0 saturated heterocycles. The molecule has 0 amide bonds. The zero-order chi connectivity index (χ0) is 28.6. The van der Waals surface area contributed by atoms with Crippen LogP contribution in [-0.2, 0) is 19.4 Å². The Kier molecular flexibility index (Phi) is 9.79. The van der Waals surface area contributed by atoms with E-state index in [0.717, 1.165) is 24.2 Å². The van der Waals surface area contributed by atoms with Crippen molar-refractivity contribution < 1.29 is 34.0 Å². The van der Waals surface area contributed by atoms with Crippen molar-refractivity contribution in [3.05, 3.63) is 88.5 Å². The lowest BCUT2D eigenvalue weighted by Crippen LogP contribution is -2.41. The fourth-order valence-electron chi connectivity index (χ4n) is 5.29. The molecule has 8 nitrogen and oxygen atoms in total. The fraction of sp³-hybridized carbons (Fsp3) is 0.375. The second-order valence-electron chi connectivity index (χ2n) is 10.0. The number of hydrogen-bond acceptors (Lipinski definition) is 7. The number of hydrogen-bond donors (Lipinski definition) is 2. The number of aliphatic hydroxyl groups excluding tert-OH is 1. The molecule has 3 aromatic rings. The monoisotopic (exact) mass is 547 g/mol. The van der Waals surface area contributed by atoms with E-state index in [1.165, 1.54) is 29.3 Å². The lowest BCUT2D eigenvalue weighted by atomic mass is 10.0. The van der Waals surface area contributed by atoms with Crippen LogP contribution in [-0.4, -0.2) is 66.4 Å². The van der Waals surface area contributed by atoms with Crippen molar-refractivity contribution in [2.45, 2.75) is 51.3 Å². The van der Waals surface area contributed by atoms with Crippen LogP contribution in [0.4, 0.5) is 0 Å². The van der Waals surface area contributed by atoms with Crippen molar-refractivity contribution in [1.29, 1.82) is 0 Å². The van der Waals surface area contributed by atoms with E-state index < -0.39 is 12.1 Å². The van der Waals surface area contributed by atoms with Crippen LogP contribution in [0.15, 0.2) is 60.7 Å². The summed E-state index contributed by atoms with van der Waals surface area (Å²) in [6.07, 6.45) is 1.40. The summed E-state index contributed by atoms with van der Waals surface area (Å²) in [5.41, 5.74) is 4.00. The molecular formula is C32H37NO7. The summed E-state index contributed by atoms with van der Waals surface area (Å²) in [5.74, 6) is 0.396. The SMILES string of the molecule is CCOc1cc(C(=O)O)ccc1C(=O)CC[C@@H](O)CN(Cc1ccc(OC)cc1OC)C1Cc2ccccc2C1. The van der Waals surface area contributed by atoms with E-state index in [1.54, 1.807) is 21.1 Å². The molecule has 0 saturated carbocycles. The van der Waals surface area contributed by atoms with Gasteiger partial charge in [0.05, 0.1) is 38.1 Å². The van der Waals surface area contributed by atoms with Crippen molar-refractivity contribution in [3.63, 3.8) is 0 Å². The van der Waals surface area contributed by atoms with Gasteiger partial charge in [0.1, 0.15) is 17.2 Å². The zero-order valence-electron chi connectivity index (χ0n) is 23.3. The molecule has 1 aliphatic rings. The second-order valence-corrected chi connectivity index (χ2v) is 10.0. The molecule has 4 rings (SSSR count). The Hall–Kier alpha value is -3.88. The number of ketones is 1. The van der Waals surface area contributed by atoms with E-state index >= 15 is 0 Å². The minimum Gasteiger partial charge on any atom is -0.497 e. The highest BCUT2D eigenvalue weighted by atomic mass is 16.5. The minimum absolute atomic E-state index is 0.0576. The number of rotatable bonds is 14. The van der Waals surface area contributed by atoms with Crippen molar-refractivity contribution in [2.75, 3.05) is 27.4 Å². The molecule has 0 fully saturated rings. The Bertz CT molecular complexity index is 1310. The van der Waals surface area contributed by atoms with Crippen LogP contribution in [0.2, 0.25) is 0 Å². The minimum atomic E-state index is -1.09. The molecule has 0 aliphatic heterocycles. The van der Waals surface area contributed by atoms with E-state index in [9.17, 15) is 19.8 Å². The molecule has 2 N–H and O–H groups in total. The Morgan fingerprint density at radius 1 is 0.975 bits per heavy atom. The number of carboxylic acids is 1. The Morgan fingerprint density at radius 3 is 2.33 bits per heavy atom. The summed E-state index contributed by atoms with van der Waals surface area (Å²) in [4.78, 5) is 26.7. The van der Waals surface area contributed by atoms with Gasteiger partial charge in [-0.1, -0.05) is 30.3 Å². The Balaban J connectivity index is 1.48. The van der Waals surface area contributed by atoms with E-state index in [1.807, 2.05) is 18.2 Å². The molecule has 0 radical (unpaired) electrons. The van der Waals surface area contributed by atoms with Crippen LogP contribution >= 0.6 is 0 Å². The van der Waals surface area contributed by atoms with Gasteiger partial charge in [-0.2, -0.15) is 0 Å². The van der Waals surface area contributed by atoms with Gasteiger partial charge in [-0.3, -0.25) is 9.69 Å². The molecule has 0 aromatic heterocycles. The molecule has 3 aromatic carbocycles. The number of benzene rings is 3. The van der Waals surface area contributed by atoms with Crippen molar-refractivity contribution >= 4 is 11.8 Å². The number of aliphatic hydroxyl groups is 1. The first-order chi connectivity index (χ1) is 19.3. The predicted octanol–water partition coefficient (Wildman–Crippen LogP) is 4.79. The molecule has 0 heterocycles. The summed E-state index contributed by atoms with van der Waals surface area (Å²) in [6.45, 7) is 3.04.